The van der Waals surface area contributed by atoms with Gasteiger partial charge in [-0.15, -0.1) is 0 Å². The Morgan fingerprint density at radius 1 is 1.00 bits per heavy atom. The maximum absolute atomic E-state index is 9.05. The number of ether oxygens (including phenoxy) is 2. The van der Waals surface area contributed by atoms with Crippen LogP contribution in [0.3, 0.4) is 0 Å². The molecule has 0 fully saturated rings. The molecule has 0 aliphatic rings. The summed E-state index contributed by atoms with van der Waals surface area (Å²) in [5.41, 5.74) is 0. The van der Waals surface area contributed by atoms with Gasteiger partial charge in [0.05, 0.1) is 0 Å². The summed E-state index contributed by atoms with van der Waals surface area (Å²) in [5, 5.41) is 9.05. The molecule has 0 aromatic rings. The van der Waals surface area contributed by atoms with Gasteiger partial charge in [0.25, 0.3) is 0 Å². The van der Waals surface area contributed by atoms with Gasteiger partial charge in [-0.1, -0.05) is 0 Å². The van der Waals surface area contributed by atoms with Crippen LogP contribution in [-0.2, 0) is 18.8 Å². The Hall–Kier alpha value is -0.135. The minimum absolute atomic E-state index is 0.510. The van der Waals surface area contributed by atoms with E-state index in [2.05, 4.69) is 0 Å². The number of methoxy groups -OCH3 is 2. The SMILES string of the molecule is COC(C)OB(O)OC(C)OC. The highest BCUT2D eigenvalue weighted by Gasteiger charge is 2.21. The van der Waals surface area contributed by atoms with E-state index in [1.54, 1.807) is 13.8 Å². The van der Waals surface area contributed by atoms with Crippen LogP contribution in [0.2, 0.25) is 0 Å². The van der Waals surface area contributed by atoms with E-state index in [4.69, 9.17) is 23.8 Å². The third-order valence-electron chi connectivity index (χ3n) is 1.28. The molecule has 0 rings (SSSR count). The fourth-order valence-electron chi connectivity index (χ4n) is 0.471. The summed E-state index contributed by atoms with van der Waals surface area (Å²) in [6, 6.07) is 0. The quantitative estimate of drug-likeness (QED) is 0.457. The maximum Gasteiger partial charge on any atom is 0.640 e. The molecular weight excluding hydrogens is 163 g/mol. The molecule has 0 spiro atoms. The Bertz CT molecular complexity index is 100. The molecule has 2 atom stereocenters. The minimum Gasteiger partial charge on any atom is -0.401 e. The van der Waals surface area contributed by atoms with Crippen LogP contribution in [0.4, 0.5) is 0 Å². The molecule has 0 aliphatic carbocycles. The highest BCUT2D eigenvalue weighted by atomic mass is 16.8. The lowest BCUT2D eigenvalue weighted by molar-refractivity contribution is -0.110. The van der Waals surface area contributed by atoms with Crippen molar-refractivity contribution in [3.8, 4) is 0 Å². The summed E-state index contributed by atoms with van der Waals surface area (Å²) >= 11 is 0. The van der Waals surface area contributed by atoms with Crippen molar-refractivity contribution in [2.75, 3.05) is 14.2 Å². The van der Waals surface area contributed by atoms with Gasteiger partial charge >= 0.3 is 7.32 Å². The van der Waals surface area contributed by atoms with Crippen LogP contribution >= 0.6 is 0 Å². The molecule has 0 bridgehead atoms. The van der Waals surface area contributed by atoms with Gasteiger partial charge in [0, 0.05) is 14.2 Å². The van der Waals surface area contributed by atoms with E-state index in [1.807, 2.05) is 0 Å². The van der Waals surface area contributed by atoms with E-state index in [0.717, 1.165) is 0 Å². The van der Waals surface area contributed by atoms with Gasteiger partial charge in [-0.05, 0) is 13.8 Å². The lowest BCUT2D eigenvalue weighted by Gasteiger charge is -2.16. The van der Waals surface area contributed by atoms with Gasteiger partial charge in [-0.3, -0.25) is 0 Å². The van der Waals surface area contributed by atoms with E-state index in [-0.39, 0.29) is 0 Å². The molecule has 0 radical (unpaired) electrons. The lowest BCUT2D eigenvalue weighted by atomic mass is 10.2. The Labute approximate surface area is 72.7 Å². The Balaban J connectivity index is 3.51. The summed E-state index contributed by atoms with van der Waals surface area (Å²) in [4.78, 5) is 0. The zero-order valence-electron chi connectivity index (χ0n) is 7.81. The van der Waals surface area contributed by atoms with E-state index in [0.29, 0.717) is 0 Å². The first-order valence-electron chi connectivity index (χ1n) is 3.64. The molecule has 0 amide bonds. The van der Waals surface area contributed by atoms with Gasteiger partial charge in [0.15, 0.2) is 0 Å². The topological polar surface area (TPSA) is 57.2 Å². The Morgan fingerprint density at radius 3 is 1.58 bits per heavy atom. The average Bonchev–Trinajstić information content (AvgIpc) is 2.03. The van der Waals surface area contributed by atoms with Gasteiger partial charge < -0.3 is 23.8 Å². The zero-order valence-corrected chi connectivity index (χ0v) is 7.81. The van der Waals surface area contributed by atoms with Crippen molar-refractivity contribution in [3.63, 3.8) is 0 Å². The summed E-state index contributed by atoms with van der Waals surface area (Å²) in [6.45, 7) is 3.29. The third-order valence-corrected chi connectivity index (χ3v) is 1.28. The van der Waals surface area contributed by atoms with E-state index in [1.165, 1.54) is 14.2 Å². The van der Waals surface area contributed by atoms with Crippen molar-refractivity contribution in [2.45, 2.75) is 26.4 Å². The van der Waals surface area contributed by atoms with Crippen LogP contribution in [0.25, 0.3) is 0 Å². The smallest absolute Gasteiger partial charge is 0.401 e. The molecule has 0 aromatic heterocycles. The molecule has 12 heavy (non-hydrogen) atoms. The van der Waals surface area contributed by atoms with Crippen LogP contribution in [0.5, 0.6) is 0 Å². The monoisotopic (exact) mass is 178 g/mol. The van der Waals surface area contributed by atoms with Crippen molar-refractivity contribution in [1.82, 2.24) is 0 Å². The molecule has 2 unspecified atom stereocenters. The molecule has 1 N–H and O–H groups in total. The second kappa shape index (κ2) is 6.39. The van der Waals surface area contributed by atoms with Gasteiger partial charge in [0.2, 0.25) is 0 Å². The summed E-state index contributed by atoms with van der Waals surface area (Å²) < 4.78 is 19.1. The second-order valence-corrected chi connectivity index (χ2v) is 2.19. The molecular formula is C6H15BO5. The van der Waals surface area contributed by atoms with Crippen molar-refractivity contribution in [1.29, 1.82) is 0 Å². The van der Waals surface area contributed by atoms with Gasteiger partial charge in [0.1, 0.15) is 12.6 Å². The lowest BCUT2D eigenvalue weighted by Crippen LogP contribution is -2.32. The molecule has 72 valence electrons. The first-order valence-corrected chi connectivity index (χ1v) is 3.64. The Morgan fingerprint density at radius 2 is 1.33 bits per heavy atom. The molecule has 6 heteroatoms. The fraction of sp³-hybridized carbons (Fsp3) is 1.00. The summed E-state index contributed by atoms with van der Waals surface area (Å²) in [6.07, 6.45) is -1.02. The van der Waals surface area contributed by atoms with Crippen molar-refractivity contribution in [3.05, 3.63) is 0 Å². The molecule has 5 nitrogen and oxygen atoms in total. The predicted octanol–water partition coefficient (Wildman–Crippen LogP) is -0.0184. The van der Waals surface area contributed by atoms with Crippen LogP contribution in [0.15, 0.2) is 0 Å². The third kappa shape index (κ3) is 5.51. The number of rotatable bonds is 6. The summed E-state index contributed by atoms with van der Waals surface area (Å²) in [5.74, 6) is 0. The first kappa shape index (κ1) is 11.9. The highest BCUT2D eigenvalue weighted by molar-refractivity contribution is 6.34. The average molecular weight is 178 g/mol. The standard InChI is InChI=1S/C6H15BO5/c1-5(9-3)11-7(8)12-6(2)10-4/h5-6,8H,1-4H3. The van der Waals surface area contributed by atoms with Crippen molar-refractivity contribution >= 4 is 7.32 Å². The molecule has 0 saturated heterocycles. The second-order valence-electron chi connectivity index (χ2n) is 2.19. The van der Waals surface area contributed by atoms with Gasteiger partial charge in [-0.2, -0.15) is 0 Å². The molecule has 0 heterocycles. The van der Waals surface area contributed by atoms with Gasteiger partial charge in [-0.25, -0.2) is 0 Å². The summed E-state index contributed by atoms with van der Waals surface area (Å²) in [7, 11) is 1.61. The largest absolute Gasteiger partial charge is 0.640 e. The van der Waals surface area contributed by atoms with E-state index < -0.39 is 19.9 Å². The van der Waals surface area contributed by atoms with Crippen LogP contribution < -0.4 is 0 Å². The van der Waals surface area contributed by atoms with Crippen molar-refractivity contribution in [2.24, 2.45) is 0 Å². The number of hydrogen-bond acceptors (Lipinski definition) is 5. The van der Waals surface area contributed by atoms with Crippen LogP contribution in [-0.4, -0.2) is 39.1 Å². The normalized spacial score (nSPS) is 15.8. The van der Waals surface area contributed by atoms with Crippen LogP contribution in [0, 0.1) is 0 Å². The predicted molar refractivity (Wildman–Crippen MR) is 43.1 cm³/mol. The van der Waals surface area contributed by atoms with Crippen molar-refractivity contribution < 1.29 is 23.8 Å². The number of hydrogen-bond donors (Lipinski definition) is 1. The molecule has 0 aliphatic heterocycles. The fourth-order valence-corrected chi connectivity index (χ4v) is 0.471. The zero-order chi connectivity index (χ0) is 9.56. The highest BCUT2D eigenvalue weighted by Crippen LogP contribution is 1.98. The first-order chi connectivity index (χ1) is 5.60. The molecule has 0 aromatic carbocycles. The van der Waals surface area contributed by atoms with E-state index >= 15 is 0 Å². The minimum atomic E-state index is -1.32. The van der Waals surface area contributed by atoms with Crippen LogP contribution in [0.1, 0.15) is 13.8 Å². The maximum atomic E-state index is 9.05. The van der Waals surface area contributed by atoms with E-state index in [9.17, 15) is 0 Å². The molecule has 0 saturated carbocycles. The Kier molecular flexibility index (Phi) is 6.32.